The molecule has 1 heterocycles. The first kappa shape index (κ1) is 14.9. The van der Waals surface area contributed by atoms with Crippen molar-refractivity contribution in [2.45, 2.75) is 19.8 Å². The Morgan fingerprint density at radius 3 is 2.41 bits per heavy atom. The van der Waals surface area contributed by atoms with E-state index in [1.165, 1.54) is 11.3 Å². The Balaban J connectivity index is 1.59. The van der Waals surface area contributed by atoms with Crippen LogP contribution in [-0.4, -0.2) is 48.1 Å². The number of aliphatic carboxylic acids is 1. The van der Waals surface area contributed by atoms with Crippen LogP contribution in [0.1, 0.15) is 18.9 Å². The number of rotatable bonds is 4. The summed E-state index contributed by atoms with van der Waals surface area (Å²) in [7, 11) is 0. The summed E-state index contributed by atoms with van der Waals surface area (Å²) in [5, 5.41) is 8.94. The third kappa shape index (κ3) is 2.80. The first-order valence-electron chi connectivity index (χ1n) is 7.96. The van der Waals surface area contributed by atoms with E-state index in [0.717, 1.165) is 19.5 Å². The molecule has 5 heteroatoms. The zero-order chi connectivity index (χ0) is 15.7. The number of carbonyl (C=O) groups is 2. The minimum Gasteiger partial charge on any atom is -0.481 e. The number of piperazine rings is 1. The monoisotopic (exact) mass is 302 g/mol. The van der Waals surface area contributed by atoms with Gasteiger partial charge in [0.2, 0.25) is 5.91 Å². The van der Waals surface area contributed by atoms with Crippen LogP contribution in [0.15, 0.2) is 24.3 Å². The third-order valence-electron chi connectivity index (χ3n) is 4.73. The summed E-state index contributed by atoms with van der Waals surface area (Å²) in [6.45, 7) is 5.14. The Hall–Kier alpha value is -2.04. The number of aryl methyl sites for hydroxylation is 1. The molecule has 1 N–H and O–H groups in total. The second-order valence-electron chi connectivity index (χ2n) is 6.08. The lowest BCUT2D eigenvalue weighted by Crippen LogP contribution is -2.49. The molecule has 2 fully saturated rings. The molecule has 2 unspecified atom stereocenters. The Kier molecular flexibility index (Phi) is 4.05. The number of carboxylic acid groups (broad SMARTS) is 1. The SMILES string of the molecule is CCc1ccccc1N1CCN(C(=O)C2CC2C(=O)O)CC1. The lowest BCUT2D eigenvalue weighted by molar-refractivity contribution is -0.142. The van der Waals surface area contributed by atoms with Crippen molar-refractivity contribution in [1.29, 1.82) is 0 Å². The van der Waals surface area contributed by atoms with Crippen LogP contribution in [0.25, 0.3) is 0 Å². The lowest BCUT2D eigenvalue weighted by atomic mass is 10.1. The summed E-state index contributed by atoms with van der Waals surface area (Å²) in [4.78, 5) is 27.3. The number of nitrogens with zero attached hydrogens (tertiary/aromatic N) is 2. The van der Waals surface area contributed by atoms with Gasteiger partial charge in [-0.1, -0.05) is 25.1 Å². The number of para-hydroxylation sites is 1. The molecule has 118 valence electrons. The normalized spacial score (nSPS) is 24.2. The molecule has 1 saturated carbocycles. The topological polar surface area (TPSA) is 60.9 Å². The molecule has 3 rings (SSSR count). The van der Waals surface area contributed by atoms with Crippen molar-refractivity contribution in [3.05, 3.63) is 29.8 Å². The molecule has 2 atom stereocenters. The van der Waals surface area contributed by atoms with E-state index in [9.17, 15) is 9.59 Å². The van der Waals surface area contributed by atoms with E-state index in [-0.39, 0.29) is 11.8 Å². The van der Waals surface area contributed by atoms with Crippen molar-refractivity contribution in [3.63, 3.8) is 0 Å². The second-order valence-corrected chi connectivity index (χ2v) is 6.08. The van der Waals surface area contributed by atoms with Gasteiger partial charge in [-0.2, -0.15) is 0 Å². The van der Waals surface area contributed by atoms with Crippen LogP contribution in [0.2, 0.25) is 0 Å². The van der Waals surface area contributed by atoms with E-state index in [0.29, 0.717) is 19.5 Å². The van der Waals surface area contributed by atoms with Gasteiger partial charge in [0.25, 0.3) is 0 Å². The number of anilines is 1. The fraction of sp³-hybridized carbons (Fsp3) is 0.529. The average Bonchev–Trinajstić information content (AvgIpc) is 3.35. The molecular weight excluding hydrogens is 280 g/mol. The van der Waals surface area contributed by atoms with Crippen molar-refractivity contribution in [1.82, 2.24) is 4.90 Å². The Morgan fingerprint density at radius 2 is 1.82 bits per heavy atom. The molecule has 1 amide bonds. The van der Waals surface area contributed by atoms with E-state index in [1.54, 1.807) is 0 Å². The van der Waals surface area contributed by atoms with Crippen molar-refractivity contribution in [3.8, 4) is 0 Å². The smallest absolute Gasteiger partial charge is 0.307 e. The molecule has 1 aliphatic carbocycles. The van der Waals surface area contributed by atoms with Gasteiger partial charge in [-0.05, 0) is 24.5 Å². The molecule has 1 aliphatic heterocycles. The third-order valence-corrected chi connectivity index (χ3v) is 4.73. The van der Waals surface area contributed by atoms with Gasteiger partial charge in [-0.25, -0.2) is 0 Å². The molecule has 2 aliphatic rings. The second kappa shape index (κ2) is 5.99. The minimum atomic E-state index is -0.839. The van der Waals surface area contributed by atoms with Gasteiger partial charge < -0.3 is 14.9 Å². The first-order valence-corrected chi connectivity index (χ1v) is 7.96. The molecule has 0 bridgehead atoms. The van der Waals surface area contributed by atoms with Gasteiger partial charge >= 0.3 is 5.97 Å². The molecule has 1 saturated heterocycles. The Bertz CT molecular complexity index is 579. The summed E-state index contributed by atoms with van der Waals surface area (Å²) in [6, 6.07) is 8.39. The van der Waals surface area contributed by atoms with E-state index >= 15 is 0 Å². The van der Waals surface area contributed by atoms with Crippen LogP contribution in [0.3, 0.4) is 0 Å². The minimum absolute atomic E-state index is 0.0239. The van der Waals surface area contributed by atoms with Crippen LogP contribution >= 0.6 is 0 Å². The van der Waals surface area contributed by atoms with Crippen molar-refractivity contribution < 1.29 is 14.7 Å². The molecule has 0 spiro atoms. The summed E-state index contributed by atoms with van der Waals surface area (Å²) in [5.74, 6) is -1.55. The summed E-state index contributed by atoms with van der Waals surface area (Å²) >= 11 is 0. The van der Waals surface area contributed by atoms with E-state index < -0.39 is 11.9 Å². The number of hydrogen-bond acceptors (Lipinski definition) is 3. The van der Waals surface area contributed by atoms with Crippen molar-refractivity contribution in [2.75, 3.05) is 31.1 Å². The Morgan fingerprint density at radius 1 is 1.14 bits per heavy atom. The maximum Gasteiger partial charge on any atom is 0.307 e. The Labute approximate surface area is 130 Å². The predicted octanol–water partition coefficient (Wildman–Crippen LogP) is 1.62. The molecule has 22 heavy (non-hydrogen) atoms. The highest BCUT2D eigenvalue weighted by Gasteiger charge is 2.50. The largest absolute Gasteiger partial charge is 0.481 e. The fourth-order valence-electron chi connectivity index (χ4n) is 3.26. The molecule has 0 aromatic heterocycles. The average molecular weight is 302 g/mol. The fourth-order valence-corrected chi connectivity index (χ4v) is 3.26. The highest BCUT2D eigenvalue weighted by atomic mass is 16.4. The molecule has 0 radical (unpaired) electrons. The molecule has 5 nitrogen and oxygen atoms in total. The van der Waals surface area contributed by atoms with Crippen molar-refractivity contribution in [2.24, 2.45) is 11.8 Å². The number of benzene rings is 1. The number of hydrogen-bond donors (Lipinski definition) is 1. The van der Waals surface area contributed by atoms with Gasteiger partial charge in [0, 0.05) is 31.9 Å². The highest BCUT2D eigenvalue weighted by molar-refractivity contribution is 5.89. The zero-order valence-electron chi connectivity index (χ0n) is 12.9. The van der Waals surface area contributed by atoms with Crippen LogP contribution in [0, 0.1) is 11.8 Å². The van der Waals surface area contributed by atoms with Gasteiger partial charge in [-0.3, -0.25) is 9.59 Å². The first-order chi connectivity index (χ1) is 10.6. The highest BCUT2D eigenvalue weighted by Crippen LogP contribution is 2.40. The zero-order valence-corrected chi connectivity index (χ0v) is 12.9. The summed E-state index contributed by atoms with van der Waals surface area (Å²) in [5.41, 5.74) is 2.59. The van der Waals surface area contributed by atoms with E-state index in [4.69, 9.17) is 5.11 Å². The number of carbonyl (C=O) groups excluding carboxylic acids is 1. The lowest BCUT2D eigenvalue weighted by Gasteiger charge is -2.37. The van der Waals surface area contributed by atoms with Gasteiger partial charge in [0.15, 0.2) is 0 Å². The van der Waals surface area contributed by atoms with Gasteiger partial charge in [0.05, 0.1) is 11.8 Å². The van der Waals surface area contributed by atoms with Gasteiger partial charge in [-0.15, -0.1) is 0 Å². The summed E-state index contributed by atoms with van der Waals surface area (Å²) < 4.78 is 0. The van der Waals surface area contributed by atoms with E-state index in [2.05, 4.69) is 30.0 Å². The maximum absolute atomic E-state index is 12.3. The standard InChI is InChI=1S/C17H22N2O3/c1-2-12-5-3-4-6-15(12)18-7-9-19(10-8-18)16(20)13-11-14(13)17(21)22/h3-6,13-14H,2,7-11H2,1H3,(H,21,22). The van der Waals surface area contributed by atoms with Crippen LogP contribution in [0.4, 0.5) is 5.69 Å². The molecular formula is C17H22N2O3. The van der Waals surface area contributed by atoms with Gasteiger partial charge in [0.1, 0.15) is 0 Å². The summed E-state index contributed by atoms with van der Waals surface area (Å²) in [6.07, 6.45) is 1.50. The maximum atomic E-state index is 12.3. The number of carboxylic acids is 1. The number of amides is 1. The molecule has 1 aromatic rings. The predicted molar refractivity (Wildman–Crippen MR) is 83.8 cm³/mol. The quantitative estimate of drug-likeness (QED) is 0.918. The van der Waals surface area contributed by atoms with Crippen LogP contribution in [0.5, 0.6) is 0 Å². The van der Waals surface area contributed by atoms with Crippen molar-refractivity contribution >= 4 is 17.6 Å². The van der Waals surface area contributed by atoms with Crippen LogP contribution < -0.4 is 4.90 Å². The van der Waals surface area contributed by atoms with E-state index in [1.807, 2.05) is 11.0 Å². The molecule has 1 aromatic carbocycles. The van der Waals surface area contributed by atoms with Crippen LogP contribution in [-0.2, 0) is 16.0 Å².